The molecule has 1 fully saturated rings. The van der Waals surface area contributed by atoms with Crippen molar-refractivity contribution in [2.75, 3.05) is 6.54 Å². The second-order valence-electron chi connectivity index (χ2n) is 4.00. The number of halogens is 3. The normalized spacial score (nSPS) is 23.9. The molecule has 0 aromatic heterocycles. The van der Waals surface area contributed by atoms with Gasteiger partial charge in [-0.15, -0.1) is 0 Å². The third kappa shape index (κ3) is 2.32. The second kappa shape index (κ2) is 4.70. The quantitative estimate of drug-likeness (QED) is 0.825. The van der Waals surface area contributed by atoms with Crippen LogP contribution in [0.3, 0.4) is 0 Å². The van der Waals surface area contributed by atoms with Gasteiger partial charge in [0.2, 0.25) is 0 Å². The van der Waals surface area contributed by atoms with Crippen LogP contribution in [0.2, 0.25) is 0 Å². The van der Waals surface area contributed by atoms with Crippen molar-refractivity contribution < 1.29 is 18.7 Å². The second-order valence-corrected chi connectivity index (χ2v) is 4.85. The lowest BCUT2D eigenvalue weighted by Crippen LogP contribution is -2.17. The van der Waals surface area contributed by atoms with E-state index in [-0.39, 0.29) is 23.0 Å². The summed E-state index contributed by atoms with van der Waals surface area (Å²) in [4.78, 5) is 10.8. The number of rotatable bonds is 2. The fraction of sp³-hybridized carbons (Fsp3) is 0.364. The Hall–Kier alpha value is -1.01. The number of hydrogen-bond donors (Lipinski definition) is 2. The van der Waals surface area contributed by atoms with Gasteiger partial charge in [0, 0.05) is 18.2 Å². The fourth-order valence-corrected chi connectivity index (χ4v) is 2.28. The van der Waals surface area contributed by atoms with Gasteiger partial charge in [0.05, 0.1) is 10.4 Å². The van der Waals surface area contributed by atoms with Gasteiger partial charge in [-0.2, -0.15) is 0 Å². The molecule has 0 bridgehead atoms. The molecule has 2 unspecified atom stereocenters. The minimum Gasteiger partial charge on any atom is -0.481 e. The van der Waals surface area contributed by atoms with E-state index in [2.05, 4.69) is 21.2 Å². The number of carboxylic acids is 1. The van der Waals surface area contributed by atoms with Gasteiger partial charge in [0.25, 0.3) is 0 Å². The van der Waals surface area contributed by atoms with E-state index in [9.17, 15) is 13.6 Å². The largest absolute Gasteiger partial charge is 0.481 e. The summed E-state index contributed by atoms with van der Waals surface area (Å²) < 4.78 is 27.0. The third-order valence-electron chi connectivity index (χ3n) is 2.92. The SMILES string of the molecule is O=C(O)C1CNC(c2ccc(Br)c(F)c2F)C1. The summed E-state index contributed by atoms with van der Waals surface area (Å²) in [5.41, 5.74) is 0.175. The van der Waals surface area contributed by atoms with Gasteiger partial charge >= 0.3 is 5.97 Å². The molecule has 2 N–H and O–H groups in total. The van der Waals surface area contributed by atoms with Gasteiger partial charge in [-0.25, -0.2) is 8.78 Å². The summed E-state index contributed by atoms with van der Waals surface area (Å²) in [6.45, 7) is 0.275. The summed E-state index contributed by atoms with van der Waals surface area (Å²) in [7, 11) is 0. The first-order chi connectivity index (χ1) is 8.00. The Morgan fingerprint density at radius 2 is 2.12 bits per heavy atom. The van der Waals surface area contributed by atoms with Gasteiger partial charge < -0.3 is 10.4 Å². The van der Waals surface area contributed by atoms with E-state index in [1.54, 1.807) is 0 Å². The summed E-state index contributed by atoms with van der Waals surface area (Å²) >= 11 is 2.89. The van der Waals surface area contributed by atoms with E-state index in [0.29, 0.717) is 0 Å². The number of hydrogen-bond acceptors (Lipinski definition) is 2. The molecule has 1 aliphatic heterocycles. The summed E-state index contributed by atoms with van der Waals surface area (Å²) in [6.07, 6.45) is 0.271. The fourth-order valence-electron chi connectivity index (χ4n) is 1.97. The van der Waals surface area contributed by atoms with Crippen LogP contribution in [0.15, 0.2) is 16.6 Å². The minimum atomic E-state index is -0.942. The molecular formula is C11H10BrF2NO2. The lowest BCUT2D eigenvalue weighted by molar-refractivity contribution is -0.141. The molecule has 1 saturated heterocycles. The summed E-state index contributed by atoms with van der Waals surface area (Å²) in [5.74, 6) is -3.34. The Morgan fingerprint density at radius 3 is 2.71 bits per heavy atom. The van der Waals surface area contributed by atoms with E-state index < -0.39 is 29.6 Å². The van der Waals surface area contributed by atoms with E-state index in [1.165, 1.54) is 12.1 Å². The molecule has 0 saturated carbocycles. The van der Waals surface area contributed by atoms with E-state index in [1.807, 2.05) is 0 Å². The van der Waals surface area contributed by atoms with Crippen LogP contribution in [0.5, 0.6) is 0 Å². The first-order valence-electron chi connectivity index (χ1n) is 5.10. The average molecular weight is 306 g/mol. The molecule has 1 heterocycles. The number of nitrogens with one attached hydrogen (secondary N) is 1. The van der Waals surface area contributed by atoms with Crippen LogP contribution < -0.4 is 5.32 Å². The summed E-state index contributed by atoms with van der Waals surface area (Å²) in [6, 6.07) is 2.44. The van der Waals surface area contributed by atoms with E-state index in [4.69, 9.17) is 5.11 Å². The monoisotopic (exact) mass is 305 g/mol. The van der Waals surface area contributed by atoms with Crippen LogP contribution in [0.1, 0.15) is 18.0 Å². The predicted octanol–water partition coefficient (Wildman–Crippen LogP) is 2.46. The van der Waals surface area contributed by atoms with E-state index >= 15 is 0 Å². The zero-order valence-electron chi connectivity index (χ0n) is 8.71. The Morgan fingerprint density at radius 1 is 1.41 bits per heavy atom. The first-order valence-corrected chi connectivity index (χ1v) is 5.89. The zero-order chi connectivity index (χ0) is 12.6. The lowest BCUT2D eigenvalue weighted by atomic mass is 9.99. The molecule has 92 valence electrons. The average Bonchev–Trinajstić information content (AvgIpc) is 2.75. The molecule has 2 rings (SSSR count). The van der Waals surface area contributed by atoms with Crippen molar-refractivity contribution in [3.8, 4) is 0 Å². The zero-order valence-corrected chi connectivity index (χ0v) is 10.3. The van der Waals surface area contributed by atoms with Gasteiger partial charge in [0.15, 0.2) is 11.6 Å². The Labute approximate surface area is 105 Å². The number of benzene rings is 1. The molecule has 6 heteroatoms. The maximum absolute atomic E-state index is 13.7. The van der Waals surface area contributed by atoms with Crippen LogP contribution in [0.4, 0.5) is 8.78 Å². The minimum absolute atomic E-state index is 0.0616. The number of carbonyl (C=O) groups is 1. The molecule has 0 radical (unpaired) electrons. The van der Waals surface area contributed by atoms with Crippen molar-refractivity contribution in [2.45, 2.75) is 12.5 Å². The van der Waals surface area contributed by atoms with Crippen LogP contribution in [-0.4, -0.2) is 17.6 Å². The van der Waals surface area contributed by atoms with Crippen LogP contribution >= 0.6 is 15.9 Å². The Balaban J connectivity index is 2.25. The lowest BCUT2D eigenvalue weighted by Gasteiger charge is -2.12. The van der Waals surface area contributed by atoms with Gasteiger partial charge in [0.1, 0.15) is 0 Å². The van der Waals surface area contributed by atoms with Gasteiger partial charge in [-0.05, 0) is 28.4 Å². The third-order valence-corrected chi connectivity index (χ3v) is 3.53. The highest BCUT2D eigenvalue weighted by Gasteiger charge is 2.32. The van der Waals surface area contributed by atoms with Crippen molar-refractivity contribution >= 4 is 21.9 Å². The predicted molar refractivity (Wildman–Crippen MR) is 60.5 cm³/mol. The maximum Gasteiger partial charge on any atom is 0.307 e. The highest BCUT2D eigenvalue weighted by Crippen LogP contribution is 2.31. The smallest absolute Gasteiger partial charge is 0.307 e. The highest BCUT2D eigenvalue weighted by atomic mass is 79.9. The molecule has 0 aliphatic carbocycles. The van der Waals surface area contributed by atoms with Crippen molar-refractivity contribution in [1.82, 2.24) is 5.32 Å². The van der Waals surface area contributed by atoms with Crippen LogP contribution in [-0.2, 0) is 4.79 Å². The standard InChI is InChI=1S/C11H10BrF2NO2/c12-7-2-1-6(9(13)10(7)14)8-3-5(4-15-8)11(16)17/h1-2,5,8,15H,3-4H2,(H,16,17). The molecule has 3 nitrogen and oxygen atoms in total. The van der Waals surface area contributed by atoms with Crippen molar-refractivity contribution in [1.29, 1.82) is 0 Å². The van der Waals surface area contributed by atoms with Crippen molar-refractivity contribution in [2.24, 2.45) is 5.92 Å². The van der Waals surface area contributed by atoms with Gasteiger partial charge in [-0.3, -0.25) is 4.79 Å². The summed E-state index contributed by atoms with van der Waals surface area (Å²) in [5, 5.41) is 11.7. The molecule has 1 aliphatic rings. The molecule has 1 aromatic carbocycles. The highest BCUT2D eigenvalue weighted by molar-refractivity contribution is 9.10. The molecule has 0 spiro atoms. The molecule has 0 amide bonds. The van der Waals surface area contributed by atoms with Crippen LogP contribution in [0.25, 0.3) is 0 Å². The molecule has 2 atom stereocenters. The van der Waals surface area contributed by atoms with Gasteiger partial charge in [-0.1, -0.05) is 6.07 Å². The number of aliphatic carboxylic acids is 1. The number of carboxylic acid groups (broad SMARTS) is 1. The van der Waals surface area contributed by atoms with E-state index in [0.717, 1.165) is 0 Å². The van der Waals surface area contributed by atoms with Crippen molar-refractivity contribution in [3.63, 3.8) is 0 Å². The Bertz CT molecular complexity index is 467. The van der Waals surface area contributed by atoms with Crippen molar-refractivity contribution in [3.05, 3.63) is 33.8 Å². The molecule has 17 heavy (non-hydrogen) atoms. The topological polar surface area (TPSA) is 49.3 Å². The Kier molecular flexibility index (Phi) is 3.44. The van der Waals surface area contributed by atoms with Crippen LogP contribution in [0, 0.1) is 17.6 Å². The molecular weight excluding hydrogens is 296 g/mol. The first kappa shape index (κ1) is 12.4. The molecule has 1 aromatic rings. The maximum atomic E-state index is 13.7.